The van der Waals surface area contributed by atoms with Crippen LogP contribution < -0.4 is 10.9 Å². The molecule has 116 valence electrons. The summed E-state index contributed by atoms with van der Waals surface area (Å²) >= 11 is 5.89. The fraction of sp³-hybridized carbons (Fsp3) is 0.118. The summed E-state index contributed by atoms with van der Waals surface area (Å²) in [7, 11) is 0. The predicted octanol–water partition coefficient (Wildman–Crippen LogP) is 3.00. The van der Waals surface area contributed by atoms with Crippen LogP contribution in [0.25, 0.3) is 10.9 Å². The van der Waals surface area contributed by atoms with E-state index in [-0.39, 0.29) is 18.0 Å². The molecule has 2 aromatic carbocycles. The monoisotopic (exact) mass is 327 g/mol. The topological polar surface area (TPSA) is 64.0 Å². The lowest BCUT2D eigenvalue weighted by Crippen LogP contribution is -2.30. The Balaban J connectivity index is 1.89. The number of aryl methyl sites for hydroxylation is 1. The summed E-state index contributed by atoms with van der Waals surface area (Å²) in [5, 5.41) is 3.75. The van der Waals surface area contributed by atoms with Crippen molar-refractivity contribution in [2.75, 3.05) is 5.32 Å². The molecule has 0 radical (unpaired) electrons. The van der Waals surface area contributed by atoms with Gasteiger partial charge in [0, 0.05) is 10.7 Å². The minimum absolute atomic E-state index is 0.102. The highest BCUT2D eigenvalue weighted by atomic mass is 35.5. The lowest BCUT2D eigenvalue weighted by atomic mass is 10.2. The van der Waals surface area contributed by atoms with Gasteiger partial charge in [0.1, 0.15) is 12.4 Å². The normalized spacial score (nSPS) is 10.7. The van der Waals surface area contributed by atoms with Gasteiger partial charge in [-0.3, -0.25) is 14.2 Å². The number of amides is 1. The Kier molecular flexibility index (Phi) is 4.12. The molecule has 1 N–H and O–H groups in total. The first-order valence-corrected chi connectivity index (χ1v) is 7.44. The highest BCUT2D eigenvalue weighted by Gasteiger charge is 2.11. The molecule has 0 atom stereocenters. The van der Waals surface area contributed by atoms with Crippen molar-refractivity contribution >= 4 is 34.1 Å². The van der Waals surface area contributed by atoms with E-state index < -0.39 is 0 Å². The van der Waals surface area contributed by atoms with Crippen LogP contribution in [0.5, 0.6) is 0 Å². The third-order valence-corrected chi connectivity index (χ3v) is 3.70. The number of hydrogen-bond donors (Lipinski definition) is 1. The molecule has 0 saturated carbocycles. The molecule has 6 heteroatoms. The van der Waals surface area contributed by atoms with Crippen LogP contribution in [0.15, 0.2) is 53.3 Å². The molecule has 0 aliphatic carbocycles. The Bertz CT molecular complexity index is 950. The maximum Gasteiger partial charge on any atom is 0.261 e. The first-order valence-electron chi connectivity index (χ1n) is 7.06. The predicted molar refractivity (Wildman–Crippen MR) is 90.8 cm³/mol. The van der Waals surface area contributed by atoms with Gasteiger partial charge in [0.05, 0.1) is 10.9 Å². The molecule has 3 rings (SSSR count). The molecule has 1 amide bonds. The van der Waals surface area contributed by atoms with Crippen molar-refractivity contribution in [1.29, 1.82) is 0 Å². The van der Waals surface area contributed by atoms with Crippen molar-refractivity contribution in [2.45, 2.75) is 13.5 Å². The molecule has 0 bridgehead atoms. The summed E-state index contributed by atoms with van der Waals surface area (Å²) in [6, 6.07) is 13.9. The SMILES string of the molecule is Cc1nc2ccccc2c(=O)n1CC(=O)Nc1cccc(Cl)c1. The Morgan fingerprint density at radius 3 is 2.78 bits per heavy atom. The van der Waals surface area contributed by atoms with Crippen molar-refractivity contribution in [3.63, 3.8) is 0 Å². The van der Waals surface area contributed by atoms with Crippen molar-refractivity contribution < 1.29 is 4.79 Å². The quantitative estimate of drug-likeness (QED) is 0.804. The molecule has 5 nitrogen and oxygen atoms in total. The summed E-state index contributed by atoms with van der Waals surface area (Å²) in [4.78, 5) is 29.1. The molecular formula is C17H14ClN3O2. The number of halogens is 1. The molecule has 0 spiro atoms. The second kappa shape index (κ2) is 6.22. The number of hydrogen-bond acceptors (Lipinski definition) is 3. The van der Waals surface area contributed by atoms with Crippen LogP contribution in [0.3, 0.4) is 0 Å². The van der Waals surface area contributed by atoms with E-state index in [1.165, 1.54) is 4.57 Å². The Morgan fingerprint density at radius 1 is 1.22 bits per heavy atom. The maximum absolute atomic E-state index is 12.5. The number of para-hydroxylation sites is 1. The standard InChI is InChI=1S/C17H14ClN3O2/c1-11-19-15-8-3-2-7-14(15)17(23)21(11)10-16(22)20-13-6-4-5-12(18)9-13/h2-9H,10H2,1H3,(H,20,22). The first-order chi connectivity index (χ1) is 11.0. The second-order valence-corrected chi connectivity index (χ2v) is 5.56. The summed E-state index contributed by atoms with van der Waals surface area (Å²) in [5.74, 6) is 0.185. The van der Waals surface area contributed by atoms with Gasteiger partial charge in [0.15, 0.2) is 0 Å². The number of nitrogens with zero attached hydrogens (tertiary/aromatic N) is 2. The highest BCUT2D eigenvalue weighted by molar-refractivity contribution is 6.30. The zero-order chi connectivity index (χ0) is 16.4. The van der Waals surface area contributed by atoms with Crippen molar-refractivity contribution in [2.24, 2.45) is 0 Å². The lowest BCUT2D eigenvalue weighted by Gasteiger charge is -2.11. The van der Waals surface area contributed by atoms with Crippen LogP contribution >= 0.6 is 11.6 Å². The average molecular weight is 328 g/mol. The van der Waals surface area contributed by atoms with Crippen LogP contribution in [0.2, 0.25) is 5.02 Å². The molecule has 0 aliphatic rings. The molecule has 0 aliphatic heterocycles. The Morgan fingerprint density at radius 2 is 2.00 bits per heavy atom. The van der Waals surface area contributed by atoms with Gasteiger partial charge in [0.2, 0.25) is 5.91 Å². The summed E-state index contributed by atoms with van der Waals surface area (Å²) in [6.07, 6.45) is 0. The summed E-state index contributed by atoms with van der Waals surface area (Å²) < 4.78 is 1.36. The van der Waals surface area contributed by atoms with Gasteiger partial charge in [0.25, 0.3) is 5.56 Å². The first kappa shape index (κ1) is 15.2. The molecular weight excluding hydrogens is 314 g/mol. The van der Waals surface area contributed by atoms with Gasteiger partial charge in [-0.25, -0.2) is 4.98 Å². The second-order valence-electron chi connectivity index (χ2n) is 5.13. The lowest BCUT2D eigenvalue weighted by molar-refractivity contribution is -0.116. The third-order valence-electron chi connectivity index (χ3n) is 3.46. The van der Waals surface area contributed by atoms with Gasteiger partial charge in [-0.05, 0) is 37.3 Å². The van der Waals surface area contributed by atoms with E-state index >= 15 is 0 Å². The van der Waals surface area contributed by atoms with Crippen molar-refractivity contribution in [3.05, 3.63) is 69.7 Å². The van der Waals surface area contributed by atoms with Gasteiger partial charge in [-0.1, -0.05) is 29.8 Å². The number of nitrogens with one attached hydrogen (secondary N) is 1. The van der Waals surface area contributed by atoms with Gasteiger partial charge in [-0.15, -0.1) is 0 Å². The number of anilines is 1. The van der Waals surface area contributed by atoms with Crippen LogP contribution in [0.4, 0.5) is 5.69 Å². The van der Waals surface area contributed by atoms with Gasteiger partial charge >= 0.3 is 0 Å². The summed E-state index contributed by atoms with van der Waals surface area (Å²) in [6.45, 7) is 1.61. The Hall–Kier alpha value is -2.66. The zero-order valence-electron chi connectivity index (χ0n) is 12.4. The fourth-order valence-corrected chi connectivity index (χ4v) is 2.57. The minimum atomic E-state index is -0.311. The van der Waals surface area contributed by atoms with Crippen LogP contribution in [0, 0.1) is 6.92 Å². The molecule has 0 unspecified atom stereocenters. The van der Waals surface area contributed by atoms with Gasteiger partial charge < -0.3 is 5.32 Å². The minimum Gasteiger partial charge on any atom is -0.324 e. The number of carbonyl (C=O) groups is 1. The van der Waals surface area contributed by atoms with Gasteiger partial charge in [-0.2, -0.15) is 0 Å². The van der Waals surface area contributed by atoms with Crippen molar-refractivity contribution in [1.82, 2.24) is 9.55 Å². The van der Waals surface area contributed by atoms with Crippen LogP contribution in [-0.2, 0) is 11.3 Å². The van der Waals surface area contributed by atoms with E-state index in [0.29, 0.717) is 27.4 Å². The number of aromatic nitrogens is 2. The number of benzene rings is 2. The molecule has 23 heavy (non-hydrogen) atoms. The van der Waals surface area contributed by atoms with Crippen LogP contribution in [-0.4, -0.2) is 15.5 Å². The van der Waals surface area contributed by atoms with Crippen molar-refractivity contribution in [3.8, 4) is 0 Å². The van der Waals surface area contributed by atoms with Crippen LogP contribution in [0.1, 0.15) is 5.82 Å². The largest absolute Gasteiger partial charge is 0.324 e. The smallest absolute Gasteiger partial charge is 0.261 e. The molecule has 1 heterocycles. The van der Waals surface area contributed by atoms with E-state index in [4.69, 9.17) is 11.6 Å². The third kappa shape index (κ3) is 3.24. The zero-order valence-corrected chi connectivity index (χ0v) is 13.2. The van der Waals surface area contributed by atoms with E-state index in [0.717, 1.165) is 0 Å². The number of fused-ring (bicyclic) bond motifs is 1. The van der Waals surface area contributed by atoms with E-state index in [1.54, 1.807) is 49.4 Å². The molecule has 3 aromatic rings. The van der Waals surface area contributed by atoms with E-state index in [2.05, 4.69) is 10.3 Å². The maximum atomic E-state index is 12.5. The number of carbonyl (C=O) groups excluding carboxylic acids is 1. The molecule has 0 saturated heterocycles. The molecule has 1 aromatic heterocycles. The van der Waals surface area contributed by atoms with E-state index in [1.807, 2.05) is 6.07 Å². The summed E-state index contributed by atoms with van der Waals surface area (Å²) in [5.41, 5.74) is 0.984. The molecule has 0 fully saturated rings. The number of rotatable bonds is 3. The average Bonchev–Trinajstić information content (AvgIpc) is 2.51. The van der Waals surface area contributed by atoms with E-state index in [9.17, 15) is 9.59 Å². The fourth-order valence-electron chi connectivity index (χ4n) is 2.38. The highest BCUT2D eigenvalue weighted by Crippen LogP contribution is 2.15. The Labute approximate surface area is 137 Å².